The van der Waals surface area contributed by atoms with Crippen molar-refractivity contribution in [2.24, 2.45) is 0 Å². The van der Waals surface area contributed by atoms with Crippen molar-refractivity contribution in [3.63, 3.8) is 0 Å². The standard InChI is InChI=1S/C17H14ClN3OS.BrH/c1-11(22)19-14-6-2-12(3-7-14)16-10-23-17(21-16)20-15-8-4-13(18)5-9-15;/h2-10H,1H3,(H,19,22)(H,20,21);1H. The molecule has 0 aliphatic carbocycles. The molecule has 0 saturated carbocycles. The summed E-state index contributed by atoms with van der Waals surface area (Å²) in [5, 5.41) is 9.50. The first-order valence-corrected chi connectivity index (χ1v) is 8.22. The molecule has 0 spiro atoms. The van der Waals surface area contributed by atoms with Crippen LogP contribution in [0.25, 0.3) is 11.3 Å². The van der Waals surface area contributed by atoms with Crippen molar-refractivity contribution < 1.29 is 4.79 Å². The van der Waals surface area contributed by atoms with Crippen LogP contribution in [0.15, 0.2) is 53.9 Å². The Labute approximate surface area is 159 Å². The van der Waals surface area contributed by atoms with Gasteiger partial charge in [0.15, 0.2) is 5.13 Å². The van der Waals surface area contributed by atoms with Gasteiger partial charge in [-0.1, -0.05) is 23.7 Å². The van der Waals surface area contributed by atoms with Crippen LogP contribution in [0.5, 0.6) is 0 Å². The van der Waals surface area contributed by atoms with Gasteiger partial charge < -0.3 is 10.6 Å². The van der Waals surface area contributed by atoms with Gasteiger partial charge >= 0.3 is 0 Å². The van der Waals surface area contributed by atoms with E-state index in [0.717, 1.165) is 27.8 Å². The molecular weight excluding hydrogens is 410 g/mol. The van der Waals surface area contributed by atoms with E-state index in [9.17, 15) is 4.79 Å². The van der Waals surface area contributed by atoms with Gasteiger partial charge in [0.25, 0.3) is 0 Å². The van der Waals surface area contributed by atoms with Crippen LogP contribution >= 0.6 is 39.9 Å². The highest BCUT2D eigenvalue weighted by Gasteiger charge is 2.05. The van der Waals surface area contributed by atoms with Gasteiger partial charge in [-0.2, -0.15) is 0 Å². The minimum Gasteiger partial charge on any atom is -0.332 e. The van der Waals surface area contributed by atoms with E-state index in [4.69, 9.17) is 11.6 Å². The number of anilines is 3. The lowest BCUT2D eigenvalue weighted by Gasteiger charge is -2.03. The van der Waals surface area contributed by atoms with E-state index in [1.807, 2.05) is 53.9 Å². The molecule has 0 radical (unpaired) electrons. The van der Waals surface area contributed by atoms with E-state index in [0.29, 0.717) is 5.02 Å². The Morgan fingerprint density at radius 1 is 1.04 bits per heavy atom. The second-order valence-corrected chi connectivity index (χ2v) is 6.22. The van der Waals surface area contributed by atoms with Crippen LogP contribution in [0.2, 0.25) is 5.02 Å². The molecule has 0 fully saturated rings. The first-order chi connectivity index (χ1) is 11.1. The number of carbonyl (C=O) groups excluding carboxylic acids is 1. The van der Waals surface area contributed by atoms with Crippen molar-refractivity contribution in [2.75, 3.05) is 10.6 Å². The molecule has 1 aromatic heterocycles. The summed E-state index contributed by atoms with van der Waals surface area (Å²) in [4.78, 5) is 15.6. The summed E-state index contributed by atoms with van der Waals surface area (Å²) < 4.78 is 0. The summed E-state index contributed by atoms with van der Waals surface area (Å²) in [5.41, 5.74) is 3.60. The zero-order valence-electron chi connectivity index (χ0n) is 12.7. The first kappa shape index (κ1) is 18.4. The van der Waals surface area contributed by atoms with Gasteiger partial charge in [0.05, 0.1) is 5.69 Å². The third kappa shape index (κ3) is 4.80. The number of hydrogen-bond acceptors (Lipinski definition) is 4. The normalized spacial score (nSPS) is 9.92. The number of aromatic nitrogens is 1. The highest BCUT2D eigenvalue weighted by molar-refractivity contribution is 8.93. The zero-order valence-corrected chi connectivity index (χ0v) is 16.0. The largest absolute Gasteiger partial charge is 0.332 e. The van der Waals surface area contributed by atoms with Crippen LogP contribution in [0.1, 0.15) is 6.92 Å². The monoisotopic (exact) mass is 423 g/mol. The number of rotatable bonds is 4. The molecule has 3 aromatic rings. The molecular formula is C17H15BrClN3OS. The molecule has 3 rings (SSSR count). The Kier molecular flexibility index (Phi) is 6.36. The number of amides is 1. The lowest BCUT2D eigenvalue weighted by Crippen LogP contribution is -2.05. The Bertz CT molecular complexity index is 819. The fourth-order valence-electron chi connectivity index (χ4n) is 2.05. The second kappa shape index (κ2) is 8.28. The summed E-state index contributed by atoms with van der Waals surface area (Å²) >= 11 is 7.41. The van der Waals surface area contributed by atoms with Gasteiger partial charge in [-0.25, -0.2) is 4.98 Å². The number of nitrogens with zero attached hydrogens (tertiary/aromatic N) is 1. The van der Waals surface area contributed by atoms with Crippen molar-refractivity contribution in [1.29, 1.82) is 0 Å². The molecule has 7 heteroatoms. The molecule has 2 N–H and O–H groups in total. The van der Waals surface area contributed by atoms with Gasteiger partial charge in [-0.3, -0.25) is 4.79 Å². The summed E-state index contributed by atoms with van der Waals surface area (Å²) in [5.74, 6) is -0.0825. The lowest BCUT2D eigenvalue weighted by molar-refractivity contribution is -0.114. The quantitative estimate of drug-likeness (QED) is 0.561. The summed E-state index contributed by atoms with van der Waals surface area (Å²) in [6.45, 7) is 1.49. The lowest BCUT2D eigenvalue weighted by atomic mass is 10.1. The maximum atomic E-state index is 11.0. The first-order valence-electron chi connectivity index (χ1n) is 6.96. The second-order valence-electron chi connectivity index (χ2n) is 4.93. The molecule has 24 heavy (non-hydrogen) atoms. The average molecular weight is 425 g/mol. The van der Waals surface area contributed by atoms with Crippen LogP contribution in [0.4, 0.5) is 16.5 Å². The fourth-order valence-corrected chi connectivity index (χ4v) is 2.91. The van der Waals surface area contributed by atoms with E-state index in [1.165, 1.54) is 18.3 Å². The van der Waals surface area contributed by atoms with Crippen molar-refractivity contribution in [1.82, 2.24) is 4.98 Å². The Morgan fingerprint density at radius 2 is 1.67 bits per heavy atom. The van der Waals surface area contributed by atoms with E-state index in [2.05, 4.69) is 15.6 Å². The number of carbonyl (C=O) groups is 1. The Hall–Kier alpha value is -1.89. The molecule has 0 saturated heterocycles. The molecule has 0 atom stereocenters. The Morgan fingerprint density at radius 3 is 2.29 bits per heavy atom. The molecule has 124 valence electrons. The highest BCUT2D eigenvalue weighted by atomic mass is 79.9. The predicted molar refractivity (Wildman–Crippen MR) is 107 cm³/mol. The minimum atomic E-state index is -0.0825. The summed E-state index contributed by atoms with van der Waals surface area (Å²) in [6, 6.07) is 15.1. The summed E-state index contributed by atoms with van der Waals surface area (Å²) in [7, 11) is 0. The van der Waals surface area contributed by atoms with Crippen LogP contribution in [-0.2, 0) is 4.79 Å². The molecule has 0 aliphatic heterocycles. The number of benzene rings is 2. The van der Waals surface area contributed by atoms with Crippen LogP contribution in [0.3, 0.4) is 0 Å². The molecule has 0 unspecified atom stereocenters. The molecule has 1 heterocycles. The SMILES string of the molecule is Br.CC(=O)Nc1ccc(-c2csc(Nc3ccc(Cl)cc3)n2)cc1. The molecule has 4 nitrogen and oxygen atoms in total. The highest BCUT2D eigenvalue weighted by Crippen LogP contribution is 2.28. The molecule has 1 amide bonds. The smallest absolute Gasteiger partial charge is 0.221 e. The fraction of sp³-hybridized carbons (Fsp3) is 0.0588. The van der Waals surface area contributed by atoms with Crippen LogP contribution in [-0.4, -0.2) is 10.9 Å². The van der Waals surface area contributed by atoms with Gasteiger partial charge in [-0.05, 0) is 36.4 Å². The number of halogens is 2. The van der Waals surface area contributed by atoms with E-state index < -0.39 is 0 Å². The average Bonchev–Trinajstić information content (AvgIpc) is 2.98. The van der Waals surface area contributed by atoms with Crippen molar-refractivity contribution in [3.05, 3.63) is 58.9 Å². The number of thiazole rings is 1. The van der Waals surface area contributed by atoms with Gasteiger partial charge in [-0.15, -0.1) is 28.3 Å². The summed E-state index contributed by atoms with van der Waals surface area (Å²) in [6.07, 6.45) is 0. The molecule has 2 aromatic carbocycles. The minimum absolute atomic E-state index is 0. The van der Waals surface area contributed by atoms with Gasteiger partial charge in [0, 0.05) is 34.3 Å². The molecule has 0 bridgehead atoms. The van der Waals surface area contributed by atoms with Crippen molar-refractivity contribution >= 4 is 62.3 Å². The van der Waals surface area contributed by atoms with Crippen LogP contribution in [0, 0.1) is 0 Å². The maximum Gasteiger partial charge on any atom is 0.221 e. The van der Waals surface area contributed by atoms with E-state index in [1.54, 1.807) is 0 Å². The van der Waals surface area contributed by atoms with Crippen molar-refractivity contribution in [3.8, 4) is 11.3 Å². The third-order valence-electron chi connectivity index (χ3n) is 3.10. The van der Waals surface area contributed by atoms with E-state index in [-0.39, 0.29) is 22.9 Å². The van der Waals surface area contributed by atoms with Gasteiger partial charge in [0.2, 0.25) is 5.91 Å². The predicted octanol–water partition coefficient (Wildman–Crippen LogP) is 5.74. The zero-order chi connectivity index (χ0) is 16.2. The number of hydrogen-bond donors (Lipinski definition) is 2. The van der Waals surface area contributed by atoms with E-state index >= 15 is 0 Å². The Balaban J connectivity index is 0.00000208. The van der Waals surface area contributed by atoms with Crippen molar-refractivity contribution in [2.45, 2.75) is 6.92 Å². The topological polar surface area (TPSA) is 54.0 Å². The van der Waals surface area contributed by atoms with Gasteiger partial charge in [0.1, 0.15) is 0 Å². The van der Waals surface area contributed by atoms with Crippen LogP contribution < -0.4 is 10.6 Å². The maximum absolute atomic E-state index is 11.0. The third-order valence-corrected chi connectivity index (χ3v) is 4.11. The number of nitrogens with one attached hydrogen (secondary N) is 2. The molecule has 0 aliphatic rings.